The molecule has 24 heavy (non-hydrogen) atoms. The summed E-state index contributed by atoms with van der Waals surface area (Å²) >= 11 is 0. The summed E-state index contributed by atoms with van der Waals surface area (Å²) in [6, 6.07) is 4.89. The summed E-state index contributed by atoms with van der Waals surface area (Å²) in [5.74, 6) is -1.86. The van der Waals surface area contributed by atoms with E-state index in [1.807, 2.05) is 0 Å². The molecule has 2 unspecified atom stereocenters. The normalized spacial score (nSPS) is 23.1. The van der Waals surface area contributed by atoms with Crippen LogP contribution < -0.4 is 4.72 Å². The second kappa shape index (κ2) is 6.79. The van der Waals surface area contributed by atoms with Crippen LogP contribution in [0.5, 0.6) is 0 Å². The number of hydrogen-bond donors (Lipinski definition) is 2. The van der Waals surface area contributed by atoms with Crippen LogP contribution in [-0.4, -0.2) is 51.9 Å². The lowest BCUT2D eigenvalue weighted by Crippen LogP contribution is -2.47. The molecular formula is C14H20N2O6S2. The molecule has 0 aliphatic carbocycles. The van der Waals surface area contributed by atoms with Gasteiger partial charge in [-0.1, -0.05) is 12.1 Å². The van der Waals surface area contributed by atoms with Crippen LogP contribution in [0.4, 0.5) is 0 Å². The average Bonchev–Trinajstić information content (AvgIpc) is 2.54. The van der Waals surface area contributed by atoms with E-state index in [-0.39, 0.29) is 16.3 Å². The minimum absolute atomic E-state index is 0.174. The van der Waals surface area contributed by atoms with Crippen molar-refractivity contribution in [1.29, 1.82) is 0 Å². The first-order chi connectivity index (χ1) is 11.1. The molecule has 0 saturated carbocycles. The summed E-state index contributed by atoms with van der Waals surface area (Å²) in [6.07, 6.45) is 0.788. The number of rotatable bonds is 5. The van der Waals surface area contributed by atoms with Crippen molar-refractivity contribution in [3.05, 3.63) is 24.3 Å². The molecule has 1 saturated heterocycles. The first-order valence-electron chi connectivity index (χ1n) is 7.38. The van der Waals surface area contributed by atoms with Gasteiger partial charge >= 0.3 is 5.97 Å². The number of nitrogens with zero attached hydrogens (tertiary/aromatic N) is 1. The number of benzene rings is 1. The molecule has 1 aliphatic heterocycles. The summed E-state index contributed by atoms with van der Waals surface area (Å²) in [4.78, 5) is 10.5. The van der Waals surface area contributed by atoms with E-state index in [9.17, 15) is 26.7 Å². The van der Waals surface area contributed by atoms with Gasteiger partial charge in [-0.3, -0.25) is 4.79 Å². The SMILES string of the molecule is CNS(=O)(=O)c1ccccc1S(=O)(=O)N1CC(C(=O)O)CCC1C. The Labute approximate surface area is 141 Å². The number of carboxylic acid groups (broad SMARTS) is 1. The highest BCUT2D eigenvalue weighted by molar-refractivity contribution is 7.92. The Morgan fingerprint density at radius 3 is 2.29 bits per heavy atom. The Balaban J connectivity index is 2.53. The van der Waals surface area contributed by atoms with Gasteiger partial charge < -0.3 is 5.11 Å². The van der Waals surface area contributed by atoms with Crippen molar-refractivity contribution < 1.29 is 26.7 Å². The van der Waals surface area contributed by atoms with E-state index in [0.717, 1.165) is 4.31 Å². The second-order valence-corrected chi connectivity index (χ2v) is 9.40. The van der Waals surface area contributed by atoms with Crippen LogP contribution in [0.25, 0.3) is 0 Å². The van der Waals surface area contributed by atoms with Crippen molar-refractivity contribution in [2.24, 2.45) is 5.92 Å². The molecule has 0 radical (unpaired) electrons. The maximum absolute atomic E-state index is 13.0. The predicted molar refractivity (Wildman–Crippen MR) is 86.4 cm³/mol. The second-order valence-electron chi connectivity index (χ2n) is 5.69. The number of hydrogen-bond acceptors (Lipinski definition) is 5. The maximum Gasteiger partial charge on any atom is 0.307 e. The lowest BCUT2D eigenvalue weighted by molar-refractivity contribution is -0.143. The molecule has 0 spiro atoms. The number of sulfonamides is 2. The zero-order chi connectivity index (χ0) is 18.1. The van der Waals surface area contributed by atoms with Gasteiger partial charge in [0.25, 0.3) is 0 Å². The van der Waals surface area contributed by atoms with Crippen LogP contribution in [-0.2, 0) is 24.8 Å². The Bertz CT molecular complexity index is 835. The molecule has 2 rings (SSSR count). The molecular weight excluding hydrogens is 356 g/mol. The molecule has 1 fully saturated rings. The number of nitrogens with one attached hydrogen (secondary N) is 1. The smallest absolute Gasteiger partial charge is 0.307 e. The highest BCUT2D eigenvalue weighted by atomic mass is 32.2. The van der Waals surface area contributed by atoms with Gasteiger partial charge in [0, 0.05) is 12.6 Å². The molecule has 0 bridgehead atoms. The molecule has 134 valence electrons. The van der Waals surface area contributed by atoms with Crippen LogP contribution in [0.3, 0.4) is 0 Å². The highest BCUT2D eigenvalue weighted by Crippen LogP contribution is 2.31. The lowest BCUT2D eigenvalue weighted by atomic mass is 9.96. The zero-order valence-electron chi connectivity index (χ0n) is 13.3. The van der Waals surface area contributed by atoms with E-state index in [2.05, 4.69) is 4.72 Å². The van der Waals surface area contributed by atoms with E-state index in [1.54, 1.807) is 6.92 Å². The number of piperidine rings is 1. The lowest BCUT2D eigenvalue weighted by Gasteiger charge is -2.35. The van der Waals surface area contributed by atoms with Crippen molar-refractivity contribution in [3.8, 4) is 0 Å². The number of carboxylic acids is 1. The summed E-state index contributed by atoms with van der Waals surface area (Å²) in [7, 11) is -6.92. The quantitative estimate of drug-likeness (QED) is 0.770. The van der Waals surface area contributed by atoms with Gasteiger partial charge in [0.15, 0.2) is 0 Å². The Morgan fingerprint density at radius 2 is 1.75 bits per heavy atom. The van der Waals surface area contributed by atoms with Gasteiger partial charge in [0.05, 0.1) is 5.92 Å². The van der Waals surface area contributed by atoms with Crippen molar-refractivity contribution in [2.45, 2.75) is 35.6 Å². The van der Waals surface area contributed by atoms with Gasteiger partial charge in [-0.2, -0.15) is 4.31 Å². The largest absolute Gasteiger partial charge is 0.481 e. The van der Waals surface area contributed by atoms with Crippen LogP contribution in [0.15, 0.2) is 34.1 Å². The maximum atomic E-state index is 13.0. The topological polar surface area (TPSA) is 121 Å². The van der Waals surface area contributed by atoms with Crippen molar-refractivity contribution in [2.75, 3.05) is 13.6 Å². The molecule has 2 atom stereocenters. The third-order valence-corrected chi connectivity index (χ3v) is 7.81. The fraction of sp³-hybridized carbons (Fsp3) is 0.500. The van der Waals surface area contributed by atoms with Gasteiger partial charge in [-0.05, 0) is 38.9 Å². The van der Waals surface area contributed by atoms with E-state index < -0.39 is 38.0 Å². The van der Waals surface area contributed by atoms with Crippen LogP contribution >= 0.6 is 0 Å². The van der Waals surface area contributed by atoms with E-state index in [1.165, 1.54) is 31.3 Å². The third-order valence-electron chi connectivity index (χ3n) is 4.17. The number of carbonyl (C=O) groups is 1. The molecule has 1 aromatic rings. The first kappa shape index (κ1) is 18.8. The molecule has 2 N–H and O–H groups in total. The minimum Gasteiger partial charge on any atom is -0.481 e. The summed E-state index contributed by atoms with van der Waals surface area (Å²) in [5, 5.41) is 9.17. The van der Waals surface area contributed by atoms with E-state index >= 15 is 0 Å². The molecule has 1 aromatic carbocycles. The zero-order valence-corrected chi connectivity index (χ0v) is 15.0. The Hall–Kier alpha value is -1.49. The average molecular weight is 376 g/mol. The van der Waals surface area contributed by atoms with Crippen molar-refractivity contribution in [3.63, 3.8) is 0 Å². The third kappa shape index (κ3) is 3.46. The van der Waals surface area contributed by atoms with Gasteiger partial charge in [0.2, 0.25) is 20.0 Å². The fourth-order valence-electron chi connectivity index (χ4n) is 2.73. The van der Waals surface area contributed by atoms with Gasteiger partial charge in [-0.25, -0.2) is 21.6 Å². The minimum atomic E-state index is -4.15. The van der Waals surface area contributed by atoms with Crippen LogP contribution in [0.2, 0.25) is 0 Å². The standard InChI is InChI=1S/C14H20N2O6S2/c1-10-7-8-11(14(17)18)9-16(10)24(21,22)13-6-4-3-5-12(13)23(19,20)15-2/h3-6,10-11,15H,7-9H2,1-2H3,(H,17,18). The number of aliphatic carboxylic acids is 1. The predicted octanol–water partition coefficient (Wildman–Crippen LogP) is 0.468. The van der Waals surface area contributed by atoms with Crippen molar-refractivity contribution >= 4 is 26.0 Å². The van der Waals surface area contributed by atoms with Crippen LogP contribution in [0, 0.1) is 5.92 Å². The van der Waals surface area contributed by atoms with Crippen LogP contribution in [0.1, 0.15) is 19.8 Å². The highest BCUT2D eigenvalue weighted by Gasteiger charge is 2.39. The molecule has 1 heterocycles. The molecule has 10 heteroatoms. The fourth-order valence-corrected chi connectivity index (χ4v) is 5.97. The van der Waals surface area contributed by atoms with Gasteiger partial charge in [-0.15, -0.1) is 0 Å². The van der Waals surface area contributed by atoms with Gasteiger partial charge in [0.1, 0.15) is 9.79 Å². The molecule has 1 aliphatic rings. The summed E-state index contributed by atoms with van der Waals surface area (Å²) < 4.78 is 53.4. The molecule has 0 aromatic heterocycles. The van der Waals surface area contributed by atoms with E-state index in [4.69, 9.17) is 0 Å². The molecule has 0 amide bonds. The Morgan fingerprint density at radius 1 is 1.17 bits per heavy atom. The molecule has 8 nitrogen and oxygen atoms in total. The van der Waals surface area contributed by atoms with E-state index in [0.29, 0.717) is 12.8 Å². The first-order valence-corrected chi connectivity index (χ1v) is 10.3. The summed E-state index contributed by atoms with van der Waals surface area (Å²) in [5.41, 5.74) is 0. The van der Waals surface area contributed by atoms with Crippen molar-refractivity contribution in [1.82, 2.24) is 9.03 Å². The Kier molecular flexibility index (Phi) is 5.33. The summed E-state index contributed by atoms with van der Waals surface area (Å²) in [6.45, 7) is 1.51. The monoisotopic (exact) mass is 376 g/mol.